The molecule has 0 radical (unpaired) electrons. The molecule has 1 rings (SSSR count). The van der Waals surface area contributed by atoms with E-state index in [2.05, 4.69) is 5.32 Å². The van der Waals surface area contributed by atoms with Crippen LogP contribution in [0.4, 0.5) is 4.79 Å². The predicted octanol–water partition coefficient (Wildman–Crippen LogP) is 3.25. The van der Waals surface area contributed by atoms with Gasteiger partial charge in [0.25, 0.3) is 0 Å². The molecular formula is C15H20ClNO4. The van der Waals surface area contributed by atoms with Crippen molar-refractivity contribution in [3.05, 3.63) is 34.9 Å². The molecule has 1 unspecified atom stereocenters. The molecule has 0 saturated heterocycles. The van der Waals surface area contributed by atoms with Crippen molar-refractivity contribution >= 4 is 23.7 Å². The summed E-state index contributed by atoms with van der Waals surface area (Å²) < 4.78 is 5.14. The fraction of sp³-hybridized carbons (Fsp3) is 0.467. The van der Waals surface area contributed by atoms with Crippen LogP contribution in [0.2, 0.25) is 5.02 Å². The molecule has 21 heavy (non-hydrogen) atoms. The molecule has 1 amide bonds. The number of alkyl carbamates (subject to hydrolysis) is 1. The number of hydrogen-bond acceptors (Lipinski definition) is 3. The first-order valence-corrected chi connectivity index (χ1v) is 6.99. The highest BCUT2D eigenvalue weighted by atomic mass is 35.5. The average Bonchev–Trinajstić information content (AvgIpc) is 2.24. The minimum Gasteiger partial charge on any atom is -0.481 e. The summed E-state index contributed by atoms with van der Waals surface area (Å²) in [5, 5.41) is 12.1. The number of amides is 1. The molecule has 0 fully saturated rings. The van der Waals surface area contributed by atoms with E-state index < -0.39 is 23.7 Å². The molecule has 0 heterocycles. The Morgan fingerprint density at radius 1 is 1.38 bits per heavy atom. The maximum atomic E-state index is 11.8. The third-order valence-electron chi connectivity index (χ3n) is 2.51. The standard InChI is InChI=1S/C15H20ClNO4/c1-15(2,3)21-14(20)17-12(9-13(18)19)8-10-5-4-6-11(16)7-10/h4-7,12H,8-9H2,1-3H3,(H,17,20)(H,18,19). The van der Waals surface area contributed by atoms with Gasteiger partial charge in [-0.15, -0.1) is 0 Å². The van der Waals surface area contributed by atoms with Crippen molar-refractivity contribution in [1.29, 1.82) is 0 Å². The zero-order valence-electron chi connectivity index (χ0n) is 12.4. The van der Waals surface area contributed by atoms with Crippen LogP contribution in [0.15, 0.2) is 24.3 Å². The first kappa shape index (κ1) is 17.3. The number of hydrogen-bond donors (Lipinski definition) is 2. The van der Waals surface area contributed by atoms with Gasteiger partial charge in [0.1, 0.15) is 5.60 Å². The van der Waals surface area contributed by atoms with Gasteiger partial charge in [-0.05, 0) is 44.9 Å². The summed E-state index contributed by atoms with van der Waals surface area (Å²) in [6, 6.07) is 6.53. The summed E-state index contributed by atoms with van der Waals surface area (Å²) in [7, 11) is 0. The van der Waals surface area contributed by atoms with E-state index in [1.165, 1.54) is 0 Å². The van der Waals surface area contributed by atoms with Crippen LogP contribution in [-0.4, -0.2) is 28.8 Å². The molecule has 0 spiro atoms. The molecule has 6 heteroatoms. The Morgan fingerprint density at radius 2 is 2.05 bits per heavy atom. The van der Waals surface area contributed by atoms with Crippen molar-refractivity contribution < 1.29 is 19.4 Å². The van der Waals surface area contributed by atoms with Crippen LogP contribution in [0.25, 0.3) is 0 Å². The van der Waals surface area contributed by atoms with E-state index in [1.807, 2.05) is 6.07 Å². The molecule has 2 N–H and O–H groups in total. The van der Waals surface area contributed by atoms with Crippen LogP contribution in [0.1, 0.15) is 32.8 Å². The van der Waals surface area contributed by atoms with E-state index in [1.54, 1.807) is 39.0 Å². The Balaban J connectivity index is 2.72. The number of ether oxygens (including phenoxy) is 1. The Hall–Kier alpha value is -1.75. The summed E-state index contributed by atoms with van der Waals surface area (Å²) in [6.07, 6.45) is -0.450. The second-order valence-corrected chi connectivity index (χ2v) is 6.21. The van der Waals surface area contributed by atoms with E-state index >= 15 is 0 Å². The molecular weight excluding hydrogens is 294 g/mol. The summed E-state index contributed by atoms with van der Waals surface area (Å²) in [6.45, 7) is 5.24. The van der Waals surface area contributed by atoms with E-state index in [9.17, 15) is 9.59 Å². The number of carbonyl (C=O) groups is 2. The Kier molecular flexibility index (Phi) is 6.03. The van der Waals surface area contributed by atoms with Crippen molar-refractivity contribution in [2.75, 3.05) is 0 Å². The maximum Gasteiger partial charge on any atom is 0.407 e. The van der Waals surface area contributed by atoms with Crippen LogP contribution in [0.5, 0.6) is 0 Å². The summed E-state index contributed by atoms with van der Waals surface area (Å²) >= 11 is 5.90. The van der Waals surface area contributed by atoms with Crippen LogP contribution < -0.4 is 5.32 Å². The van der Waals surface area contributed by atoms with Crippen molar-refractivity contribution in [2.24, 2.45) is 0 Å². The number of aliphatic carboxylic acids is 1. The van der Waals surface area contributed by atoms with Gasteiger partial charge in [0.15, 0.2) is 0 Å². The Labute approximate surface area is 129 Å². The topological polar surface area (TPSA) is 75.6 Å². The van der Waals surface area contributed by atoms with Crippen molar-refractivity contribution in [3.63, 3.8) is 0 Å². The van der Waals surface area contributed by atoms with Crippen LogP contribution in [0.3, 0.4) is 0 Å². The number of halogens is 1. The van der Waals surface area contributed by atoms with E-state index in [-0.39, 0.29) is 6.42 Å². The number of benzene rings is 1. The fourth-order valence-corrected chi connectivity index (χ4v) is 2.02. The first-order chi connectivity index (χ1) is 9.65. The number of rotatable bonds is 5. The molecule has 0 aliphatic heterocycles. The molecule has 0 aliphatic rings. The monoisotopic (exact) mass is 313 g/mol. The minimum absolute atomic E-state index is 0.189. The van der Waals surface area contributed by atoms with Gasteiger partial charge in [0.2, 0.25) is 0 Å². The van der Waals surface area contributed by atoms with Gasteiger partial charge >= 0.3 is 12.1 Å². The maximum absolute atomic E-state index is 11.8. The second kappa shape index (κ2) is 7.31. The minimum atomic E-state index is -0.988. The van der Waals surface area contributed by atoms with E-state index in [4.69, 9.17) is 21.4 Å². The lowest BCUT2D eigenvalue weighted by molar-refractivity contribution is -0.137. The average molecular weight is 314 g/mol. The normalized spacial score (nSPS) is 12.6. The molecule has 116 valence electrons. The number of carbonyl (C=O) groups excluding carboxylic acids is 1. The van der Waals surface area contributed by atoms with Gasteiger partial charge in [0.05, 0.1) is 6.42 Å². The highest BCUT2D eigenvalue weighted by molar-refractivity contribution is 6.30. The Bertz CT molecular complexity index is 511. The van der Waals surface area contributed by atoms with Gasteiger partial charge < -0.3 is 15.2 Å². The molecule has 0 aromatic heterocycles. The van der Waals surface area contributed by atoms with Crippen LogP contribution in [-0.2, 0) is 16.0 Å². The number of carboxylic acids is 1. The Morgan fingerprint density at radius 3 is 2.57 bits per heavy atom. The third kappa shape index (κ3) is 7.56. The number of carboxylic acid groups (broad SMARTS) is 1. The quantitative estimate of drug-likeness (QED) is 0.875. The molecule has 1 aromatic carbocycles. The zero-order valence-corrected chi connectivity index (χ0v) is 13.1. The number of nitrogens with one attached hydrogen (secondary N) is 1. The highest BCUT2D eigenvalue weighted by Gasteiger charge is 2.21. The van der Waals surface area contributed by atoms with Gasteiger partial charge in [0, 0.05) is 11.1 Å². The molecule has 1 atom stereocenters. The van der Waals surface area contributed by atoms with Gasteiger partial charge in [-0.3, -0.25) is 4.79 Å². The molecule has 1 aromatic rings. The van der Waals surface area contributed by atoms with Crippen molar-refractivity contribution in [2.45, 2.75) is 45.3 Å². The lowest BCUT2D eigenvalue weighted by Gasteiger charge is -2.23. The lowest BCUT2D eigenvalue weighted by Crippen LogP contribution is -2.41. The fourth-order valence-electron chi connectivity index (χ4n) is 1.81. The largest absolute Gasteiger partial charge is 0.481 e. The molecule has 0 bridgehead atoms. The van der Waals surface area contributed by atoms with Gasteiger partial charge in [-0.2, -0.15) is 0 Å². The van der Waals surface area contributed by atoms with Gasteiger partial charge in [-0.25, -0.2) is 4.79 Å². The lowest BCUT2D eigenvalue weighted by atomic mass is 10.0. The first-order valence-electron chi connectivity index (χ1n) is 6.61. The summed E-state index contributed by atoms with van der Waals surface area (Å²) in [5.41, 5.74) is 0.221. The zero-order chi connectivity index (χ0) is 16.0. The van der Waals surface area contributed by atoms with Crippen molar-refractivity contribution in [3.8, 4) is 0 Å². The van der Waals surface area contributed by atoms with Crippen LogP contribution in [0, 0.1) is 0 Å². The van der Waals surface area contributed by atoms with E-state index in [0.717, 1.165) is 5.56 Å². The van der Waals surface area contributed by atoms with Crippen molar-refractivity contribution in [1.82, 2.24) is 5.32 Å². The summed E-state index contributed by atoms with van der Waals surface area (Å²) in [5.74, 6) is -0.988. The highest BCUT2D eigenvalue weighted by Crippen LogP contribution is 2.14. The SMILES string of the molecule is CC(C)(C)OC(=O)NC(CC(=O)O)Cc1cccc(Cl)c1. The second-order valence-electron chi connectivity index (χ2n) is 5.78. The summed E-state index contributed by atoms with van der Waals surface area (Å²) in [4.78, 5) is 22.7. The molecule has 0 aliphatic carbocycles. The van der Waals surface area contributed by atoms with Crippen LogP contribution >= 0.6 is 11.6 Å². The molecule has 5 nitrogen and oxygen atoms in total. The smallest absolute Gasteiger partial charge is 0.407 e. The van der Waals surface area contributed by atoms with Gasteiger partial charge in [-0.1, -0.05) is 23.7 Å². The predicted molar refractivity (Wildman–Crippen MR) is 80.6 cm³/mol. The third-order valence-corrected chi connectivity index (χ3v) is 2.75. The van der Waals surface area contributed by atoms with E-state index in [0.29, 0.717) is 11.4 Å². The molecule has 0 saturated carbocycles.